The van der Waals surface area contributed by atoms with Crippen molar-refractivity contribution < 1.29 is 4.74 Å². The third kappa shape index (κ3) is 3.09. The molecule has 0 aliphatic heterocycles. The van der Waals surface area contributed by atoms with E-state index in [0.717, 1.165) is 18.7 Å². The molecule has 0 bridgehead atoms. The molecule has 96 valence electrons. The van der Waals surface area contributed by atoms with Gasteiger partial charge in [-0.1, -0.05) is 6.92 Å². The molecule has 0 radical (unpaired) electrons. The number of hydrogen-bond donors (Lipinski definition) is 1. The number of thiophene rings is 1. The monoisotopic (exact) mass is 262 g/mol. The summed E-state index contributed by atoms with van der Waals surface area (Å²) in [6.07, 6.45) is 4.63. The molecule has 2 heterocycles. The van der Waals surface area contributed by atoms with Gasteiger partial charge in [0.1, 0.15) is 5.75 Å². The normalized spacial score (nSPS) is 12.3. The quantitative estimate of drug-likeness (QED) is 0.869. The van der Waals surface area contributed by atoms with Gasteiger partial charge < -0.3 is 10.1 Å². The molecule has 1 N–H and O–H groups in total. The molecule has 0 spiro atoms. The summed E-state index contributed by atoms with van der Waals surface area (Å²) in [5.41, 5.74) is 1.28. The second-order valence-corrected chi connectivity index (χ2v) is 4.97. The number of pyridine rings is 1. The molecule has 0 saturated heterocycles. The van der Waals surface area contributed by atoms with Crippen LogP contribution in [0.4, 0.5) is 0 Å². The van der Waals surface area contributed by atoms with Crippen LogP contribution in [0.2, 0.25) is 0 Å². The van der Waals surface area contributed by atoms with Gasteiger partial charge in [0, 0.05) is 18.4 Å². The molecule has 2 aromatic heterocycles. The first kappa shape index (κ1) is 13.1. The van der Waals surface area contributed by atoms with Crippen molar-refractivity contribution >= 4 is 11.3 Å². The second-order valence-electron chi connectivity index (χ2n) is 4.02. The van der Waals surface area contributed by atoms with Crippen LogP contribution >= 0.6 is 11.3 Å². The van der Waals surface area contributed by atoms with Crippen molar-refractivity contribution in [2.45, 2.75) is 19.4 Å². The Balaban J connectivity index is 2.18. The summed E-state index contributed by atoms with van der Waals surface area (Å²) in [6.45, 7) is 3.07. The van der Waals surface area contributed by atoms with Gasteiger partial charge in [-0.3, -0.25) is 4.98 Å². The van der Waals surface area contributed by atoms with E-state index in [0.29, 0.717) is 6.04 Å². The van der Waals surface area contributed by atoms with Crippen molar-refractivity contribution in [2.24, 2.45) is 0 Å². The maximum Gasteiger partial charge on any atom is 0.134 e. The number of aromatic nitrogens is 1. The van der Waals surface area contributed by atoms with E-state index < -0.39 is 0 Å². The molecule has 0 aliphatic carbocycles. The molecule has 2 aromatic rings. The fourth-order valence-corrected chi connectivity index (χ4v) is 2.93. The lowest BCUT2D eigenvalue weighted by atomic mass is 10.1. The zero-order chi connectivity index (χ0) is 12.8. The van der Waals surface area contributed by atoms with Crippen LogP contribution in [0.15, 0.2) is 36.0 Å². The Morgan fingerprint density at radius 2 is 2.11 bits per heavy atom. The number of hydrogen-bond acceptors (Lipinski definition) is 4. The van der Waals surface area contributed by atoms with Gasteiger partial charge in [0.25, 0.3) is 0 Å². The summed E-state index contributed by atoms with van der Waals surface area (Å²) in [5.74, 6) is 0.972. The standard InChI is InChI=1S/C14H18N2OS/c1-3-16-12(10-11-4-7-15-8-5-11)14-13(17-2)6-9-18-14/h4-9,12,16H,3,10H2,1-2H3. The number of nitrogens with one attached hydrogen (secondary N) is 1. The van der Waals surface area contributed by atoms with Crippen LogP contribution in [0.1, 0.15) is 23.4 Å². The molecule has 18 heavy (non-hydrogen) atoms. The molecule has 4 heteroatoms. The second kappa shape index (κ2) is 6.52. The minimum atomic E-state index is 0.298. The molecule has 1 unspecified atom stereocenters. The van der Waals surface area contributed by atoms with Gasteiger partial charge >= 0.3 is 0 Å². The van der Waals surface area contributed by atoms with Crippen molar-refractivity contribution in [3.8, 4) is 5.75 Å². The van der Waals surface area contributed by atoms with E-state index >= 15 is 0 Å². The predicted octanol–water partition coefficient (Wildman–Crippen LogP) is 3.05. The first-order valence-electron chi connectivity index (χ1n) is 6.08. The topological polar surface area (TPSA) is 34.2 Å². The van der Waals surface area contributed by atoms with Crippen molar-refractivity contribution in [3.63, 3.8) is 0 Å². The largest absolute Gasteiger partial charge is 0.496 e. The Labute approximate surface area is 112 Å². The van der Waals surface area contributed by atoms with E-state index in [1.54, 1.807) is 18.4 Å². The maximum atomic E-state index is 5.41. The molecule has 3 nitrogen and oxygen atoms in total. The third-order valence-electron chi connectivity index (χ3n) is 2.83. The summed E-state index contributed by atoms with van der Waals surface area (Å²) in [6, 6.07) is 6.44. The lowest BCUT2D eigenvalue weighted by Gasteiger charge is -2.18. The number of rotatable bonds is 6. The number of nitrogens with zero attached hydrogens (tertiary/aromatic N) is 1. The van der Waals surface area contributed by atoms with Crippen LogP contribution in [-0.2, 0) is 6.42 Å². The third-order valence-corrected chi connectivity index (χ3v) is 3.85. The molecule has 0 aromatic carbocycles. The lowest BCUT2D eigenvalue weighted by molar-refractivity contribution is 0.403. The number of ether oxygens (including phenoxy) is 1. The summed E-state index contributed by atoms with van der Waals surface area (Å²) in [4.78, 5) is 5.31. The van der Waals surface area contributed by atoms with E-state index in [9.17, 15) is 0 Å². The predicted molar refractivity (Wildman–Crippen MR) is 75.2 cm³/mol. The van der Waals surface area contributed by atoms with E-state index in [1.807, 2.05) is 18.5 Å². The zero-order valence-electron chi connectivity index (χ0n) is 10.7. The van der Waals surface area contributed by atoms with E-state index in [1.165, 1.54) is 10.4 Å². The minimum Gasteiger partial charge on any atom is -0.496 e. The van der Waals surface area contributed by atoms with Crippen LogP contribution in [-0.4, -0.2) is 18.6 Å². The molecule has 2 rings (SSSR count). The molecule has 0 amide bonds. The molecular formula is C14H18N2OS. The smallest absolute Gasteiger partial charge is 0.134 e. The summed E-state index contributed by atoms with van der Waals surface area (Å²) >= 11 is 1.74. The van der Waals surface area contributed by atoms with Crippen molar-refractivity contribution in [1.82, 2.24) is 10.3 Å². The highest BCUT2D eigenvalue weighted by Crippen LogP contribution is 2.32. The van der Waals surface area contributed by atoms with Crippen LogP contribution in [0.25, 0.3) is 0 Å². The number of likely N-dealkylation sites (N-methyl/N-ethyl adjacent to an activating group) is 1. The molecule has 0 fully saturated rings. The first-order chi connectivity index (χ1) is 8.85. The van der Waals surface area contributed by atoms with Gasteiger partial charge in [-0.2, -0.15) is 0 Å². The van der Waals surface area contributed by atoms with Gasteiger partial charge in [-0.15, -0.1) is 11.3 Å². The highest BCUT2D eigenvalue weighted by Gasteiger charge is 2.17. The summed E-state index contributed by atoms with van der Waals surface area (Å²) in [5, 5.41) is 5.59. The van der Waals surface area contributed by atoms with Crippen LogP contribution < -0.4 is 10.1 Å². The first-order valence-corrected chi connectivity index (χ1v) is 6.96. The molecule has 0 aliphatic rings. The SMILES string of the molecule is CCNC(Cc1ccncc1)c1sccc1OC. The van der Waals surface area contributed by atoms with Crippen LogP contribution in [0, 0.1) is 0 Å². The fraction of sp³-hybridized carbons (Fsp3) is 0.357. The highest BCUT2D eigenvalue weighted by atomic mass is 32.1. The van der Waals surface area contributed by atoms with E-state index in [2.05, 4.69) is 34.7 Å². The average molecular weight is 262 g/mol. The molecule has 1 atom stereocenters. The van der Waals surface area contributed by atoms with Gasteiger partial charge in [0.2, 0.25) is 0 Å². The zero-order valence-corrected chi connectivity index (χ0v) is 11.5. The molecule has 0 saturated carbocycles. The van der Waals surface area contributed by atoms with Crippen molar-refractivity contribution in [1.29, 1.82) is 0 Å². The number of methoxy groups -OCH3 is 1. The molecular weight excluding hydrogens is 244 g/mol. The van der Waals surface area contributed by atoms with Crippen molar-refractivity contribution in [3.05, 3.63) is 46.4 Å². The Kier molecular flexibility index (Phi) is 4.73. The van der Waals surface area contributed by atoms with Gasteiger partial charge in [-0.25, -0.2) is 0 Å². The Morgan fingerprint density at radius 3 is 2.78 bits per heavy atom. The lowest BCUT2D eigenvalue weighted by Crippen LogP contribution is -2.22. The summed E-state index contributed by atoms with van der Waals surface area (Å²) < 4.78 is 5.41. The van der Waals surface area contributed by atoms with Gasteiger partial charge in [0.05, 0.1) is 12.0 Å². The Morgan fingerprint density at radius 1 is 1.33 bits per heavy atom. The maximum absolute atomic E-state index is 5.41. The van der Waals surface area contributed by atoms with Crippen LogP contribution in [0.5, 0.6) is 5.75 Å². The van der Waals surface area contributed by atoms with Gasteiger partial charge in [0.15, 0.2) is 0 Å². The van der Waals surface area contributed by atoms with Crippen LogP contribution in [0.3, 0.4) is 0 Å². The van der Waals surface area contributed by atoms with E-state index in [-0.39, 0.29) is 0 Å². The summed E-state index contributed by atoms with van der Waals surface area (Å²) in [7, 11) is 1.72. The van der Waals surface area contributed by atoms with Crippen molar-refractivity contribution in [2.75, 3.05) is 13.7 Å². The van der Waals surface area contributed by atoms with E-state index in [4.69, 9.17) is 4.74 Å². The Bertz CT molecular complexity index is 470. The Hall–Kier alpha value is -1.39. The fourth-order valence-electron chi connectivity index (χ4n) is 1.99. The average Bonchev–Trinajstić information content (AvgIpc) is 2.87. The highest BCUT2D eigenvalue weighted by molar-refractivity contribution is 7.10. The minimum absolute atomic E-state index is 0.298. The van der Waals surface area contributed by atoms with Gasteiger partial charge in [-0.05, 0) is 42.1 Å².